The Kier molecular flexibility index (Phi) is 7.54. The van der Waals surface area contributed by atoms with Gasteiger partial charge in [0, 0.05) is 6.04 Å². The van der Waals surface area contributed by atoms with E-state index in [9.17, 15) is 14.4 Å². The van der Waals surface area contributed by atoms with Crippen molar-refractivity contribution in [2.24, 2.45) is 23.7 Å². The van der Waals surface area contributed by atoms with E-state index in [1.807, 2.05) is 56.3 Å². The highest BCUT2D eigenvalue weighted by Crippen LogP contribution is 2.49. The van der Waals surface area contributed by atoms with Crippen LogP contribution in [-0.4, -0.2) is 36.5 Å². The minimum atomic E-state index is -0.807. The maximum Gasteiger partial charge on any atom is 0.329 e. The maximum absolute atomic E-state index is 12.8. The molecule has 0 radical (unpaired) electrons. The third kappa shape index (κ3) is 5.60. The zero-order chi connectivity index (χ0) is 24.2. The fraction of sp³-hybridized carbons (Fsp3) is 0.536. The molecule has 2 aromatic carbocycles. The molecule has 2 fully saturated rings. The van der Waals surface area contributed by atoms with Gasteiger partial charge in [-0.2, -0.15) is 0 Å². The number of rotatable bonds is 9. The second-order valence-corrected chi connectivity index (χ2v) is 10.4. The molecule has 0 spiro atoms. The molecule has 0 aliphatic heterocycles. The van der Waals surface area contributed by atoms with Crippen LogP contribution in [0, 0.1) is 23.7 Å². The van der Waals surface area contributed by atoms with Gasteiger partial charge in [0.15, 0.2) is 6.61 Å². The van der Waals surface area contributed by atoms with Crippen LogP contribution in [0.15, 0.2) is 42.5 Å². The number of carbonyl (C=O) groups is 3. The Balaban J connectivity index is 1.28. The zero-order valence-corrected chi connectivity index (χ0v) is 20.4. The van der Waals surface area contributed by atoms with Gasteiger partial charge < -0.3 is 15.4 Å². The summed E-state index contributed by atoms with van der Waals surface area (Å²) in [5.74, 6) is 0.773. The lowest BCUT2D eigenvalue weighted by Crippen LogP contribution is -2.47. The third-order valence-corrected chi connectivity index (χ3v) is 7.64. The first-order valence-electron chi connectivity index (χ1n) is 12.5. The summed E-state index contributed by atoms with van der Waals surface area (Å²) in [6, 6.07) is 13.0. The molecule has 6 heteroatoms. The van der Waals surface area contributed by atoms with Crippen molar-refractivity contribution in [3.63, 3.8) is 0 Å². The molecule has 34 heavy (non-hydrogen) atoms. The summed E-state index contributed by atoms with van der Waals surface area (Å²) in [4.78, 5) is 37.9. The van der Waals surface area contributed by atoms with Crippen LogP contribution in [0.3, 0.4) is 0 Å². The summed E-state index contributed by atoms with van der Waals surface area (Å²) in [6.07, 6.45) is 5.22. The molecule has 0 saturated heterocycles. The largest absolute Gasteiger partial charge is 0.454 e. The second kappa shape index (κ2) is 10.6. The Morgan fingerprint density at radius 2 is 1.71 bits per heavy atom. The Labute approximate surface area is 201 Å². The van der Waals surface area contributed by atoms with Crippen molar-refractivity contribution in [1.82, 2.24) is 10.6 Å². The van der Waals surface area contributed by atoms with Crippen molar-refractivity contribution < 1.29 is 19.1 Å². The van der Waals surface area contributed by atoms with Gasteiger partial charge in [0.25, 0.3) is 5.91 Å². The number of esters is 1. The number of ether oxygens (including phenoxy) is 1. The molecular weight excluding hydrogens is 428 g/mol. The molecule has 2 N–H and O–H groups in total. The minimum absolute atomic E-state index is 0.0859. The van der Waals surface area contributed by atoms with Crippen molar-refractivity contribution in [2.45, 2.75) is 65.0 Å². The van der Waals surface area contributed by atoms with Crippen LogP contribution in [-0.2, 0) is 25.5 Å². The number of hydrogen-bond acceptors (Lipinski definition) is 4. The quantitative estimate of drug-likeness (QED) is 0.549. The highest BCUT2D eigenvalue weighted by atomic mass is 16.5. The van der Waals surface area contributed by atoms with Crippen molar-refractivity contribution >= 4 is 28.6 Å². The SMILES string of the molecule is CC(C)[C@H](NC(=O)Cc1cccc2ccccc12)C(=O)OCC(=O)N[C@H](C)[C@@H]1C[C@H]2CC[C@H]1C2. The average molecular weight is 465 g/mol. The Hall–Kier alpha value is -2.89. The first-order valence-corrected chi connectivity index (χ1v) is 12.5. The summed E-state index contributed by atoms with van der Waals surface area (Å²) in [5, 5.41) is 7.92. The number of amides is 2. The number of carbonyl (C=O) groups excluding carboxylic acids is 3. The van der Waals surface area contributed by atoms with Gasteiger partial charge in [0.1, 0.15) is 6.04 Å². The third-order valence-electron chi connectivity index (χ3n) is 7.64. The molecule has 6 nitrogen and oxygen atoms in total. The lowest BCUT2D eigenvalue weighted by atomic mass is 9.84. The van der Waals surface area contributed by atoms with Gasteiger partial charge in [-0.3, -0.25) is 9.59 Å². The van der Waals surface area contributed by atoms with E-state index in [4.69, 9.17) is 4.74 Å². The maximum atomic E-state index is 12.8. The van der Waals surface area contributed by atoms with E-state index in [-0.39, 0.29) is 36.8 Å². The van der Waals surface area contributed by atoms with Gasteiger partial charge in [-0.1, -0.05) is 62.7 Å². The van der Waals surface area contributed by atoms with Crippen LogP contribution >= 0.6 is 0 Å². The summed E-state index contributed by atoms with van der Waals surface area (Å²) in [5.41, 5.74) is 0.903. The topological polar surface area (TPSA) is 84.5 Å². The number of fused-ring (bicyclic) bond motifs is 3. The lowest BCUT2D eigenvalue weighted by molar-refractivity contribution is -0.153. The molecule has 2 aromatic rings. The molecule has 182 valence electrons. The Morgan fingerprint density at radius 1 is 0.941 bits per heavy atom. The minimum Gasteiger partial charge on any atom is -0.454 e. The molecule has 0 heterocycles. The average Bonchev–Trinajstić information content (AvgIpc) is 3.45. The number of benzene rings is 2. The normalized spacial score (nSPS) is 23.0. The van der Waals surface area contributed by atoms with Gasteiger partial charge >= 0.3 is 5.97 Å². The molecule has 2 aliphatic rings. The van der Waals surface area contributed by atoms with Crippen LogP contribution < -0.4 is 10.6 Å². The van der Waals surface area contributed by atoms with Crippen molar-refractivity contribution in [3.8, 4) is 0 Å². The molecule has 2 amide bonds. The number of nitrogens with one attached hydrogen (secondary N) is 2. The predicted octanol–water partition coefficient (Wildman–Crippen LogP) is 4.01. The van der Waals surface area contributed by atoms with E-state index >= 15 is 0 Å². The van der Waals surface area contributed by atoms with E-state index in [0.717, 1.165) is 22.3 Å². The standard InChI is InChI=1S/C28H36N2O4/c1-17(2)27(30-25(31)15-21-9-6-8-20-7-4-5-10-23(20)21)28(33)34-16-26(32)29-18(3)24-14-19-11-12-22(24)13-19/h4-10,17-19,22,24,27H,11-16H2,1-3H3,(H,29,32)(H,30,31)/t18-,19+,22+,24+,27+/m1/s1. The predicted molar refractivity (Wildman–Crippen MR) is 132 cm³/mol. The van der Waals surface area contributed by atoms with Crippen molar-refractivity contribution in [2.75, 3.05) is 6.61 Å². The summed E-state index contributed by atoms with van der Waals surface area (Å²) >= 11 is 0. The van der Waals surface area contributed by atoms with E-state index < -0.39 is 12.0 Å². The van der Waals surface area contributed by atoms with Gasteiger partial charge in [0.05, 0.1) is 6.42 Å². The Bertz CT molecular complexity index is 1040. The molecule has 0 aromatic heterocycles. The molecule has 2 saturated carbocycles. The summed E-state index contributed by atoms with van der Waals surface area (Å²) in [6.45, 7) is 5.42. The van der Waals surface area contributed by atoms with Crippen LogP contribution in [0.4, 0.5) is 0 Å². The highest BCUT2D eigenvalue weighted by Gasteiger charge is 2.42. The molecule has 5 atom stereocenters. The smallest absolute Gasteiger partial charge is 0.329 e. The van der Waals surface area contributed by atoms with E-state index in [1.165, 1.54) is 25.7 Å². The molecule has 4 rings (SSSR count). The number of hydrogen-bond donors (Lipinski definition) is 2. The zero-order valence-electron chi connectivity index (χ0n) is 20.4. The molecule has 0 unspecified atom stereocenters. The Morgan fingerprint density at radius 3 is 2.41 bits per heavy atom. The summed E-state index contributed by atoms with van der Waals surface area (Å²) < 4.78 is 5.31. The van der Waals surface area contributed by atoms with E-state index in [0.29, 0.717) is 11.8 Å². The van der Waals surface area contributed by atoms with Gasteiger partial charge in [-0.05, 0) is 66.2 Å². The first-order chi connectivity index (χ1) is 16.3. The van der Waals surface area contributed by atoms with Crippen molar-refractivity contribution in [1.29, 1.82) is 0 Å². The van der Waals surface area contributed by atoms with Gasteiger partial charge in [-0.15, -0.1) is 0 Å². The molecule has 2 aliphatic carbocycles. The van der Waals surface area contributed by atoms with Gasteiger partial charge in [-0.25, -0.2) is 4.79 Å². The van der Waals surface area contributed by atoms with Crippen LogP contribution in [0.5, 0.6) is 0 Å². The fourth-order valence-corrected chi connectivity index (χ4v) is 5.88. The summed E-state index contributed by atoms with van der Waals surface area (Å²) in [7, 11) is 0. The van der Waals surface area contributed by atoms with E-state index in [2.05, 4.69) is 17.6 Å². The molecule has 2 bridgehead atoms. The fourth-order valence-electron chi connectivity index (χ4n) is 5.88. The van der Waals surface area contributed by atoms with Crippen molar-refractivity contribution in [3.05, 3.63) is 48.0 Å². The van der Waals surface area contributed by atoms with Crippen LogP contribution in [0.1, 0.15) is 52.0 Å². The highest BCUT2D eigenvalue weighted by molar-refractivity contribution is 5.92. The lowest BCUT2D eigenvalue weighted by Gasteiger charge is -2.28. The van der Waals surface area contributed by atoms with E-state index in [1.54, 1.807) is 0 Å². The second-order valence-electron chi connectivity index (χ2n) is 10.4. The van der Waals surface area contributed by atoms with Gasteiger partial charge in [0.2, 0.25) is 5.91 Å². The molecular formula is C28H36N2O4. The van der Waals surface area contributed by atoms with Crippen LogP contribution in [0.25, 0.3) is 10.8 Å². The van der Waals surface area contributed by atoms with Crippen LogP contribution in [0.2, 0.25) is 0 Å². The monoisotopic (exact) mass is 464 g/mol. The first kappa shape index (κ1) is 24.2.